The van der Waals surface area contributed by atoms with E-state index in [4.69, 9.17) is 15.7 Å². The van der Waals surface area contributed by atoms with E-state index in [1.807, 2.05) is 25.1 Å². The van der Waals surface area contributed by atoms with Gasteiger partial charge in [0.2, 0.25) is 0 Å². The van der Waals surface area contributed by atoms with Crippen LogP contribution in [-0.2, 0) is 6.54 Å². The van der Waals surface area contributed by atoms with Gasteiger partial charge in [0, 0.05) is 11.0 Å². The predicted octanol–water partition coefficient (Wildman–Crippen LogP) is 2.03. The molecule has 0 saturated carbocycles. The largest absolute Gasteiger partial charge is 0.497 e. The number of rotatable bonds is 6. The zero-order valence-electron chi connectivity index (χ0n) is 10.6. The lowest BCUT2D eigenvalue weighted by molar-refractivity contribution is 0.294. The molecule has 3 N–H and O–H groups in total. The third-order valence-electron chi connectivity index (χ3n) is 2.61. The average molecular weight is 316 g/mol. The van der Waals surface area contributed by atoms with Gasteiger partial charge in [-0.1, -0.05) is 28.0 Å². The molecule has 0 bridgehead atoms. The summed E-state index contributed by atoms with van der Waals surface area (Å²) in [4.78, 5) is 2.06. The number of hydrogen-bond acceptors (Lipinski definition) is 4. The van der Waals surface area contributed by atoms with Gasteiger partial charge in [-0.2, -0.15) is 0 Å². The Balaban J connectivity index is 2.80. The van der Waals surface area contributed by atoms with Crippen molar-refractivity contribution in [3.8, 4) is 5.75 Å². The zero-order valence-corrected chi connectivity index (χ0v) is 12.1. The molecule has 5 nitrogen and oxygen atoms in total. The average Bonchev–Trinajstić information content (AvgIpc) is 2.39. The van der Waals surface area contributed by atoms with Crippen LogP contribution in [0.3, 0.4) is 0 Å². The summed E-state index contributed by atoms with van der Waals surface area (Å²) in [6.07, 6.45) is 0. The summed E-state index contributed by atoms with van der Waals surface area (Å²) in [5.41, 5.74) is 6.62. The van der Waals surface area contributed by atoms with Crippen LogP contribution in [0, 0.1) is 0 Å². The minimum Gasteiger partial charge on any atom is -0.497 e. The normalized spacial score (nSPS) is 11.9. The third kappa shape index (κ3) is 4.19. The van der Waals surface area contributed by atoms with Crippen LogP contribution < -0.4 is 10.5 Å². The number of likely N-dealkylation sites (N-methyl/N-ethyl adjacent to an activating group) is 1. The second-order valence-electron chi connectivity index (χ2n) is 3.85. The molecule has 0 unspecified atom stereocenters. The van der Waals surface area contributed by atoms with Crippen molar-refractivity contribution < 1.29 is 9.94 Å². The molecule has 0 atom stereocenters. The molecule has 0 fully saturated rings. The molecule has 0 amide bonds. The number of nitrogens with zero attached hydrogens (tertiary/aromatic N) is 2. The van der Waals surface area contributed by atoms with E-state index in [1.54, 1.807) is 7.11 Å². The molecule has 100 valence electrons. The van der Waals surface area contributed by atoms with Crippen LogP contribution in [0.1, 0.15) is 12.5 Å². The Labute approximate surface area is 115 Å². The van der Waals surface area contributed by atoms with Crippen LogP contribution >= 0.6 is 15.9 Å². The maximum atomic E-state index is 8.59. The van der Waals surface area contributed by atoms with Gasteiger partial charge >= 0.3 is 0 Å². The fourth-order valence-corrected chi connectivity index (χ4v) is 1.95. The molecule has 18 heavy (non-hydrogen) atoms. The number of benzene rings is 1. The SMILES string of the molecule is CCN(CC(N)=NO)Cc1cc(OC)ccc1Br. The molecule has 0 aliphatic heterocycles. The Morgan fingerprint density at radius 3 is 2.83 bits per heavy atom. The van der Waals surface area contributed by atoms with Gasteiger partial charge < -0.3 is 15.7 Å². The van der Waals surface area contributed by atoms with Crippen LogP contribution in [0.25, 0.3) is 0 Å². The lowest BCUT2D eigenvalue weighted by Crippen LogP contribution is -2.33. The smallest absolute Gasteiger partial charge is 0.153 e. The number of hydrogen-bond donors (Lipinski definition) is 2. The van der Waals surface area contributed by atoms with E-state index in [0.717, 1.165) is 22.3 Å². The molecule has 0 spiro atoms. The monoisotopic (exact) mass is 315 g/mol. The number of halogens is 1. The van der Waals surface area contributed by atoms with Crippen molar-refractivity contribution >= 4 is 21.8 Å². The van der Waals surface area contributed by atoms with Crippen LogP contribution in [0.15, 0.2) is 27.8 Å². The van der Waals surface area contributed by atoms with Crippen LogP contribution in [-0.4, -0.2) is 36.1 Å². The van der Waals surface area contributed by atoms with Crippen molar-refractivity contribution in [2.75, 3.05) is 20.2 Å². The highest BCUT2D eigenvalue weighted by atomic mass is 79.9. The van der Waals surface area contributed by atoms with Crippen LogP contribution in [0.4, 0.5) is 0 Å². The molecule has 0 radical (unpaired) electrons. The van der Waals surface area contributed by atoms with Gasteiger partial charge in [0.1, 0.15) is 5.75 Å². The number of amidine groups is 1. The van der Waals surface area contributed by atoms with E-state index in [9.17, 15) is 0 Å². The molecule has 1 rings (SSSR count). The minimum absolute atomic E-state index is 0.205. The van der Waals surface area contributed by atoms with Crippen molar-refractivity contribution in [3.63, 3.8) is 0 Å². The van der Waals surface area contributed by atoms with Gasteiger partial charge in [0.25, 0.3) is 0 Å². The molecule has 1 aromatic rings. The highest BCUT2D eigenvalue weighted by Gasteiger charge is 2.09. The van der Waals surface area contributed by atoms with E-state index >= 15 is 0 Å². The van der Waals surface area contributed by atoms with Gasteiger partial charge in [0.15, 0.2) is 5.84 Å². The first-order valence-electron chi connectivity index (χ1n) is 5.61. The lowest BCUT2D eigenvalue weighted by Gasteiger charge is -2.20. The second-order valence-corrected chi connectivity index (χ2v) is 4.71. The quantitative estimate of drug-likeness (QED) is 0.365. The Bertz CT molecular complexity index is 424. The summed E-state index contributed by atoms with van der Waals surface area (Å²) >= 11 is 3.51. The molecule has 1 aromatic carbocycles. The lowest BCUT2D eigenvalue weighted by atomic mass is 10.2. The summed E-state index contributed by atoms with van der Waals surface area (Å²) in [6, 6.07) is 5.82. The van der Waals surface area contributed by atoms with Gasteiger partial charge in [-0.25, -0.2) is 0 Å². The van der Waals surface area contributed by atoms with Crippen molar-refractivity contribution in [1.82, 2.24) is 4.90 Å². The molecule has 0 aliphatic rings. The van der Waals surface area contributed by atoms with Gasteiger partial charge in [-0.3, -0.25) is 4.90 Å². The molecule has 0 aliphatic carbocycles. The minimum atomic E-state index is 0.205. The summed E-state index contributed by atoms with van der Waals surface area (Å²) in [5.74, 6) is 1.02. The number of oxime groups is 1. The Kier molecular flexibility index (Phi) is 5.94. The molecule has 0 heterocycles. The topological polar surface area (TPSA) is 71.1 Å². The number of methoxy groups -OCH3 is 1. The van der Waals surface area contributed by atoms with E-state index in [-0.39, 0.29) is 5.84 Å². The highest BCUT2D eigenvalue weighted by Crippen LogP contribution is 2.23. The maximum absolute atomic E-state index is 8.59. The van der Waals surface area contributed by atoms with Gasteiger partial charge in [-0.05, 0) is 30.3 Å². The van der Waals surface area contributed by atoms with Gasteiger partial charge in [0.05, 0.1) is 13.7 Å². The first-order valence-corrected chi connectivity index (χ1v) is 6.41. The molecular formula is C12H18BrN3O2. The summed E-state index contributed by atoms with van der Waals surface area (Å²) in [7, 11) is 1.64. The Morgan fingerprint density at radius 2 is 2.28 bits per heavy atom. The van der Waals surface area contributed by atoms with Crippen molar-refractivity contribution in [1.29, 1.82) is 0 Å². The first kappa shape index (κ1) is 14.8. The number of nitrogens with two attached hydrogens (primary N) is 1. The fourth-order valence-electron chi connectivity index (χ4n) is 1.58. The van der Waals surface area contributed by atoms with E-state index in [2.05, 4.69) is 26.0 Å². The zero-order chi connectivity index (χ0) is 13.5. The predicted molar refractivity (Wildman–Crippen MR) is 75.1 cm³/mol. The summed E-state index contributed by atoms with van der Waals surface area (Å²) in [6.45, 7) is 3.96. The summed E-state index contributed by atoms with van der Waals surface area (Å²) < 4.78 is 6.21. The molecule has 0 aromatic heterocycles. The second kappa shape index (κ2) is 7.23. The molecular weight excluding hydrogens is 298 g/mol. The highest BCUT2D eigenvalue weighted by molar-refractivity contribution is 9.10. The maximum Gasteiger partial charge on any atom is 0.153 e. The third-order valence-corrected chi connectivity index (χ3v) is 3.38. The van der Waals surface area contributed by atoms with Crippen LogP contribution in [0.2, 0.25) is 0 Å². The van der Waals surface area contributed by atoms with Gasteiger partial charge in [-0.15, -0.1) is 0 Å². The van der Waals surface area contributed by atoms with E-state index < -0.39 is 0 Å². The van der Waals surface area contributed by atoms with E-state index in [0.29, 0.717) is 13.1 Å². The molecule has 0 saturated heterocycles. The van der Waals surface area contributed by atoms with E-state index in [1.165, 1.54) is 0 Å². The Hall–Kier alpha value is -1.27. The summed E-state index contributed by atoms with van der Waals surface area (Å²) in [5, 5.41) is 11.6. The fraction of sp³-hybridized carbons (Fsp3) is 0.417. The van der Waals surface area contributed by atoms with Crippen molar-refractivity contribution in [3.05, 3.63) is 28.2 Å². The van der Waals surface area contributed by atoms with Crippen molar-refractivity contribution in [2.45, 2.75) is 13.5 Å². The van der Waals surface area contributed by atoms with Crippen molar-refractivity contribution in [2.24, 2.45) is 10.9 Å². The first-order chi connectivity index (χ1) is 8.60. The Morgan fingerprint density at radius 1 is 1.56 bits per heavy atom. The number of ether oxygens (including phenoxy) is 1. The molecule has 6 heteroatoms. The van der Waals surface area contributed by atoms with Crippen LogP contribution in [0.5, 0.6) is 5.75 Å². The standard InChI is InChI=1S/C12H18BrN3O2/c1-3-16(8-12(14)15-17)7-9-6-10(18-2)4-5-11(9)13/h4-6,17H,3,7-8H2,1-2H3,(H2,14,15).